The summed E-state index contributed by atoms with van der Waals surface area (Å²) in [4.78, 5) is 41.5. The van der Waals surface area contributed by atoms with E-state index >= 15 is 0 Å². The monoisotopic (exact) mass is 480 g/mol. The number of carboxylic acid groups (broad SMARTS) is 1. The van der Waals surface area contributed by atoms with Crippen molar-refractivity contribution in [2.45, 2.75) is 63.5 Å². The van der Waals surface area contributed by atoms with Crippen LogP contribution in [0.15, 0.2) is 48.5 Å². The molecule has 0 aromatic heterocycles. The molecular formula is C27H32N2O6. The van der Waals surface area contributed by atoms with Gasteiger partial charge in [0.05, 0.1) is 0 Å². The summed E-state index contributed by atoms with van der Waals surface area (Å²) in [6.07, 6.45) is 2.22. The van der Waals surface area contributed by atoms with Crippen LogP contribution >= 0.6 is 0 Å². The minimum absolute atomic E-state index is 0.0266. The molecule has 0 saturated heterocycles. The fraction of sp³-hybridized carbons (Fsp3) is 0.444. The van der Waals surface area contributed by atoms with Crippen LogP contribution in [0.5, 0.6) is 0 Å². The zero-order valence-corrected chi connectivity index (χ0v) is 19.9. The third kappa shape index (κ3) is 6.19. The number of amides is 2. The van der Waals surface area contributed by atoms with Gasteiger partial charge in [-0.25, -0.2) is 15.1 Å². The van der Waals surface area contributed by atoms with Crippen molar-refractivity contribution in [2.24, 2.45) is 5.92 Å². The molecular weight excluding hydrogens is 448 g/mol. The number of unbranched alkanes of at least 4 members (excludes halogenated alkanes) is 1. The number of hydrogen-bond acceptors (Lipinski definition) is 5. The van der Waals surface area contributed by atoms with Crippen LogP contribution in [-0.2, 0) is 19.2 Å². The van der Waals surface area contributed by atoms with Crippen molar-refractivity contribution in [2.75, 3.05) is 6.61 Å². The molecule has 0 heterocycles. The Balaban J connectivity index is 1.31. The van der Waals surface area contributed by atoms with Gasteiger partial charge >= 0.3 is 12.1 Å². The second-order valence-electron chi connectivity index (χ2n) is 9.25. The molecule has 0 bridgehead atoms. The molecule has 1 saturated carbocycles. The Morgan fingerprint density at radius 2 is 1.66 bits per heavy atom. The molecule has 8 heteroatoms. The predicted molar refractivity (Wildman–Crippen MR) is 130 cm³/mol. The Hall–Kier alpha value is -3.39. The molecule has 35 heavy (non-hydrogen) atoms. The molecule has 4 rings (SSSR count). The second kappa shape index (κ2) is 11.4. The van der Waals surface area contributed by atoms with E-state index in [1.165, 1.54) is 0 Å². The molecule has 0 spiro atoms. The summed E-state index contributed by atoms with van der Waals surface area (Å²) >= 11 is 0. The molecule has 2 atom stereocenters. The van der Waals surface area contributed by atoms with Crippen molar-refractivity contribution >= 4 is 18.0 Å². The molecule has 8 nitrogen and oxygen atoms in total. The number of carbonyl (C=O) groups is 3. The standard InChI is InChI=1S/C27H32N2O6/c1-2-3-8-18(15-24(30)29-35-25(26(31)32)17-13-14-17)28-27(33)34-16-23-21-11-6-4-9-19(21)20-10-5-7-12-22(20)23/h4-7,9-12,17-18,23,25H,2-3,8,13-16H2,1H3,(H,28,33)(H,29,30)(H,31,32)/t18-,25?/m0/s1. The minimum Gasteiger partial charge on any atom is -0.479 e. The van der Waals surface area contributed by atoms with Gasteiger partial charge in [0.25, 0.3) is 0 Å². The number of carbonyl (C=O) groups excluding carboxylic acids is 2. The first kappa shape index (κ1) is 24.7. The van der Waals surface area contributed by atoms with E-state index in [4.69, 9.17) is 9.57 Å². The summed E-state index contributed by atoms with van der Waals surface area (Å²) in [6.45, 7) is 2.22. The minimum atomic E-state index is -1.09. The van der Waals surface area contributed by atoms with Gasteiger partial charge in [-0.1, -0.05) is 68.3 Å². The van der Waals surface area contributed by atoms with Gasteiger partial charge in [-0.2, -0.15) is 0 Å². The Labute approximate surface area is 205 Å². The molecule has 2 aromatic rings. The van der Waals surface area contributed by atoms with E-state index in [9.17, 15) is 19.5 Å². The topological polar surface area (TPSA) is 114 Å². The Bertz CT molecular complexity index is 1020. The van der Waals surface area contributed by atoms with E-state index < -0.39 is 30.1 Å². The number of fused-ring (bicyclic) bond motifs is 3. The summed E-state index contributed by atoms with van der Waals surface area (Å²) in [6, 6.07) is 15.8. The quantitative estimate of drug-likeness (QED) is 0.389. The summed E-state index contributed by atoms with van der Waals surface area (Å²) < 4.78 is 5.61. The summed E-state index contributed by atoms with van der Waals surface area (Å²) in [5, 5.41) is 12.0. The highest BCUT2D eigenvalue weighted by molar-refractivity contribution is 5.79. The lowest BCUT2D eigenvalue weighted by atomic mass is 9.98. The Morgan fingerprint density at radius 3 is 2.23 bits per heavy atom. The number of aliphatic carboxylic acids is 1. The van der Waals surface area contributed by atoms with Crippen LogP contribution in [0, 0.1) is 5.92 Å². The lowest BCUT2D eigenvalue weighted by Gasteiger charge is -2.20. The number of carboxylic acids is 1. The van der Waals surface area contributed by atoms with E-state index in [0.29, 0.717) is 6.42 Å². The third-order valence-corrected chi connectivity index (χ3v) is 6.60. The second-order valence-corrected chi connectivity index (χ2v) is 9.25. The molecule has 2 aliphatic carbocycles. The molecule has 1 fully saturated rings. The van der Waals surface area contributed by atoms with Crippen molar-refractivity contribution in [3.05, 3.63) is 59.7 Å². The zero-order valence-electron chi connectivity index (χ0n) is 19.9. The number of rotatable bonds is 12. The Kier molecular flexibility index (Phi) is 8.02. The summed E-state index contributed by atoms with van der Waals surface area (Å²) in [5.41, 5.74) is 6.82. The van der Waals surface area contributed by atoms with Crippen molar-refractivity contribution in [1.82, 2.24) is 10.8 Å². The highest BCUT2D eigenvalue weighted by Gasteiger charge is 2.38. The molecule has 0 radical (unpaired) electrons. The van der Waals surface area contributed by atoms with Gasteiger partial charge in [0, 0.05) is 18.4 Å². The number of hydroxylamine groups is 1. The first-order valence-electron chi connectivity index (χ1n) is 12.3. The number of benzene rings is 2. The average Bonchev–Trinajstić information content (AvgIpc) is 3.63. The maximum Gasteiger partial charge on any atom is 0.407 e. The first-order chi connectivity index (χ1) is 17.0. The zero-order chi connectivity index (χ0) is 24.8. The van der Waals surface area contributed by atoms with Gasteiger partial charge in [-0.3, -0.25) is 9.63 Å². The van der Waals surface area contributed by atoms with Crippen LogP contribution in [0.2, 0.25) is 0 Å². The largest absolute Gasteiger partial charge is 0.479 e. The molecule has 2 amide bonds. The molecule has 3 N–H and O–H groups in total. The normalized spacial score (nSPS) is 16.0. The summed E-state index contributed by atoms with van der Waals surface area (Å²) in [5.74, 6) is -1.68. The first-order valence-corrected chi connectivity index (χ1v) is 12.3. The van der Waals surface area contributed by atoms with Gasteiger partial charge in [0.1, 0.15) is 6.61 Å². The lowest BCUT2D eigenvalue weighted by molar-refractivity contribution is -0.162. The number of hydrogen-bond donors (Lipinski definition) is 3. The predicted octanol–water partition coefficient (Wildman–Crippen LogP) is 4.39. The lowest BCUT2D eigenvalue weighted by Crippen LogP contribution is -2.41. The fourth-order valence-electron chi connectivity index (χ4n) is 4.62. The van der Waals surface area contributed by atoms with Gasteiger partial charge in [0.15, 0.2) is 6.10 Å². The van der Waals surface area contributed by atoms with Crippen molar-refractivity contribution in [3.63, 3.8) is 0 Å². The molecule has 2 aromatic carbocycles. The van der Waals surface area contributed by atoms with Gasteiger partial charge in [-0.15, -0.1) is 0 Å². The van der Waals surface area contributed by atoms with E-state index in [0.717, 1.165) is 47.9 Å². The van der Waals surface area contributed by atoms with Crippen molar-refractivity contribution < 1.29 is 29.1 Å². The van der Waals surface area contributed by atoms with E-state index in [2.05, 4.69) is 35.1 Å². The van der Waals surface area contributed by atoms with E-state index in [1.54, 1.807) is 0 Å². The molecule has 0 aliphatic heterocycles. The van der Waals surface area contributed by atoms with Crippen LogP contribution < -0.4 is 10.8 Å². The van der Waals surface area contributed by atoms with E-state index in [-0.39, 0.29) is 24.9 Å². The van der Waals surface area contributed by atoms with Crippen molar-refractivity contribution in [1.29, 1.82) is 0 Å². The van der Waals surface area contributed by atoms with Crippen LogP contribution in [-0.4, -0.2) is 41.8 Å². The van der Waals surface area contributed by atoms with Crippen LogP contribution in [0.25, 0.3) is 11.1 Å². The van der Waals surface area contributed by atoms with E-state index in [1.807, 2.05) is 31.2 Å². The molecule has 2 aliphatic rings. The SMILES string of the molecule is CCCC[C@@H](CC(=O)NOC(C(=O)O)C1CC1)NC(=O)OCC1c2ccccc2-c2ccccc21. The number of ether oxygens (including phenoxy) is 1. The summed E-state index contributed by atoms with van der Waals surface area (Å²) in [7, 11) is 0. The third-order valence-electron chi connectivity index (χ3n) is 6.60. The average molecular weight is 481 g/mol. The van der Waals surface area contributed by atoms with Crippen LogP contribution in [0.1, 0.15) is 62.5 Å². The maximum absolute atomic E-state index is 12.7. The fourth-order valence-corrected chi connectivity index (χ4v) is 4.62. The molecule has 186 valence electrons. The molecule has 1 unspecified atom stereocenters. The van der Waals surface area contributed by atoms with Crippen LogP contribution in [0.4, 0.5) is 4.79 Å². The van der Waals surface area contributed by atoms with Gasteiger partial charge in [-0.05, 0) is 47.4 Å². The smallest absolute Gasteiger partial charge is 0.407 e. The highest BCUT2D eigenvalue weighted by Crippen LogP contribution is 2.44. The number of nitrogens with one attached hydrogen (secondary N) is 2. The Morgan fingerprint density at radius 1 is 1.03 bits per heavy atom. The maximum atomic E-state index is 12.7. The highest BCUT2D eigenvalue weighted by atomic mass is 16.7. The number of alkyl carbamates (subject to hydrolysis) is 1. The van der Waals surface area contributed by atoms with Crippen molar-refractivity contribution in [3.8, 4) is 11.1 Å². The van der Waals surface area contributed by atoms with Gasteiger partial charge < -0.3 is 15.2 Å². The van der Waals surface area contributed by atoms with Gasteiger partial charge in [0.2, 0.25) is 5.91 Å². The van der Waals surface area contributed by atoms with Crippen LogP contribution in [0.3, 0.4) is 0 Å².